The Morgan fingerprint density at radius 1 is 1.07 bits per heavy atom. The molecule has 0 aromatic rings. The van der Waals surface area contributed by atoms with Crippen LogP contribution in [0.4, 0.5) is 0 Å². The van der Waals surface area contributed by atoms with E-state index in [9.17, 15) is 0 Å². The first-order chi connectivity index (χ1) is 6.31. The summed E-state index contributed by atoms with van der Waals surface area (Å²) in [5.74, 6) is 0.895. The first-order valence-corrected chi connectivity index (χ1v) is 5.96. The Labute approximate surface area is 89.8 Å². The third kappa shape index (κ3) is 3.48. The molecular formula is C14H26. The topological polar surface area (TPSA) is 0 Å². The highest BCUT2D eigenvalue weighted by Crippen LogP contribution is 2.43. The van der Waals surface area contributed by atoms with Gasteiger partial charge in [0.1, 0.15) is 0 Å². The van der Waals surface area contributed by atoms with Crippen LogP contribution >= 0.6 is 0 Å². The molecule has 0 aromatic heterocycles. The molecule has 1 aliphatic rings. The zero-order valence-corrected chi connectivity index (χ0v) is 10.6. The molecule has 0 saturated heterocycles. The minimum atomic E-state index is 0.463. The van der Waals surface area contributed by atoms with Gasteiger partial charge in [0.2, 0.25) is 0 Å². The van der Waals surface area contributed by atoms with Crippen molar-refractivity contribution in [2.45, 2.75) is 60.3 Å². The molecule has 0 spiro atoms. The fraction of sp³-hybridized carbons (Fsp3) is 0.857. The fourth-order valence-corrected chi connectivity index (χ4v) is 3.01. The molecule has 1 aliphatic carbocycles. The van der Waals surface area contributed by atoms with Crippen molar-refractivity contribution >= 4 is 0 Å². The van der Waals surface area contributed by atoms with Gasteiger partial charge in [0.05, 0.1) is 0 Å². The summed E-state index contributed by atoms with van der Waals surface area (Å²) in [6.45, 7) is 12.0. The van der Waals surface area contributed by atoms with E-state index in [1.165, 1.54) is 25.7 Å². The highest BCUT2D eigenvalue weighted by atomic mass is 14.4. The van der Waals surface area contributed by atoms with Crippen LogP contribution in [0.25, 0.3) is 0 Å². The first-order valence-electron chi connectivity index (χ1n) is 5.96. The van der Waals surface area contributed by atoms with Gasteiger partial charge in [0.15, 0.2) is 0 Å². The number of hydrogen-bond donors (Lipinski definition) is 0. The molecule has 0 saturated carbocycles. The van der Waals surface area contributed by atoms with Gasteiger partial charge in [-0.3, -0.25) is 0 Å². The Bertz CT molecular complexity index is 203. The lowest BCUT2D eigenvalue weighted by Gasteiger charge is -2.40. The summed E-state index contributed by atoms with van der Waals surface area (Å²) in [6, 6.07) is 0. The number of rotatable bonds is 2. The molecule has 14 heavy (non-hydrogen) atoms. The van der Waals surface area contributed by atoms with Crippen molar-refractivity contribution in [1.82, 2.24) is 0 Å². The van der Waals surface area contributed by atoms with Crippen molar-refractivity contribution in [3.8, 4) is 0 Å². The summed E-state index contributed by atoms with van der Waals surface area (Å²) in [5.41, 5.74) is 0.966. The molecule has 0 radical (unpaired) electrons. The first kappa shape index (κ1) is 11.8. The van der Waals surface area contributed by atoms with Gasteiger partial charge < -0.3 is 0 Å². The third-order valence-corrected chi connectivity index (χ3v) is 3.36. The molecule has 0 nitrogen and oxygen atoms in total. The summed E-state index contributed by atoms with van der Waals surface area (Å²) < 4.78 is 0. The van der Waals surface area contributed by atoms with Gasteiger partial charge in [0.25, 0.3) is 0 Å². The fourth-order valence-electron chi connectivity index (χ4n) is 3.01. The van der Waals surface area contributed by atoms with Crippen molar-refractivity contribution in [3.05, 3.63) is 12.2 Å². The SMILES string of the molecule is CC(C)(C)CC(C)(C)C1CC=CCC1. The van der Waals surface area contributed by atoms with Crippen molar-refractivity contribution in [2.75, 3.05) is 0 Å². The highest BCUT2D eigenvalue weighted by Gasteiger charge is 2.32. The van der Waals surface area contributed by atoms with Crippen LogP contribution in [0.5, 0.6) is 0 Å². The third-order valence-electron chi connectivity index (χ3n) is 3.36. The quantitative estimate of drug-likeness (QED) is 0.554. The van der Waals surface area contributed by atoms with Crippen LogP contribution in [0, 0.1) is 16.7 Å². The number of allylic oxidation sites excluding steroid dienone is 2. The van der Waals surface area contributed by atoms with Crippen molar-refractivity contribution < 1.29 is 0 Å². The molecule has 0 fully saturated rings. The summed E-state index contributed by atoms with van der Waals surface area (Å²) in [7, 11) is 0. The molecule has 1 unspecified atom stereocenters. The van der Waals surface area contributed by atoms with Crippen LogP contribution in [0.3, 0.4) is 0 Å². The summed E-state index contributed by atoms with van der Waals surface area (Å²) in [6.07, 6.45) is 10.0. The lowest BCUT2D eigenvalue weighted by atomic mass is 9.66. The van der Waals surface area contributed by atoms with Gasteiger partial charge in [-0.15, -0.1) is 0 Å². The Hall–Kier alpha value is -0.260. The van der Waals surface area contributed by atoms with E-state index in [1.807, 2.05) is 0 Å². The molecule has 0 heterocycles. The summed E-state index contributed by atoms with van der Waals surface area (Å²) >= 11 is 0. The number of hydrogen-bond acceptors (Lipinski definition) is 0. The van der Waals surface area contributed by atoms with E-state index in [0.29, 0.717) is 10.8 Å². The Kier molecular flexibility index (Phi) is 3.44. The van der Waals surface area contributed by atoms with Crippen LogP contribution in [-0.4, -0.2) is 0 Å². The molecule has 0 bridgehead atoms. The van der Waals surface area contributed by atoms with Crippen molar-refractivity contribution in [2.24, 2.45) is 16.7 Å². The van der Waals surface area contributed by atoms with E-state index in [0.717, 1.165) is 5.92 Å². The normalized spacial score (nSPS) is 23.9. The van der Waals surface area contributed by atoms with E-state index in [1.54, 1.807) is 0 Å². The lowest BCUT2D eigenvalue weighted by Crippen LogP contribution is -2.29. The summed E-state index contributed by atoms with van der Waals surface area (Å²) in [5, 5.41) is 0. The van der Waals surface area contributed by atoms with E-state index in [-0.39, 0.29) is 0 Å². The average molecular weight is 194 g/mol. The Morgan fingerprint density at radius 2 is 1.71 bits per heavy atom. The van der Waals surface area contributed by atoms with Crippen molar-refractivity contribution in [3.63, 3.8) is 0 Å². The Morgan fingerprint density at radius 3 is 2.14 bits per heavy atom. The predicted molar refractivity (Wildman–Crippen MR) is 64.3 cm³/mol. The molecule has 0 heteroatoms. The second-order valence-corrected chi connectivity index (χ2v) is 6.71. The van der Waals surface area contributed by atoms with Crippen LogP contribution in [0.15, 0.2) is 12.2 Å². The van der Waals surface area contributed by atoms with Crippen molar-refractivity contribution in [1.29, 1.82) is 0 Å². The molecule has 1 atom stereocenters. The molecule has 0 N–H and O–H groups in total. The van der Waals surface area contributed by atoms with Crippen LogP contribution in [0.1, 0.15) is 60.3 Å². The highest BCUT2D eigenvalue weighted by molar-refractivity contribution is 4.95. The molecule has 1 rings (SSSR count). The molecular weight excluding hydrogens is 168 g/mol. The van der Waals surface area contributed by atoms with E-state index in [2.05, 4.69) is 46.8 Å². The standard InChI is InChI=1S/C14H26/c1-13(2,3)11-14(4,5)12-9-7-6-8-10-12/h6-7,12H,8-11H2,1-5H3. The van der Waals surface area contributed by atoms with Crippen LogP contribution in [-0.2, 0) is 0 Å². The molecule has 82 valence electrons. The van der Waals surface area contributed by atoms with E-state index < -0.39 is 0 Å². The van der Waals surface area contributed by atoms with Crippen LogP contribution in [0.2, 0.25) is 0 Å². The Balaban J connectivity index is 2.59. The second-order valence-electron chi connectivity index (χ2n) is 6.71. The maximum Gasteiger partial charge on any atom is -0.0317 e. The van der Waals surface area contributed by atoms with Crippen LogP contribution < -0.4 is 0 Å². The molecule has 0 aliphatic heterocycles. The van der Waals surface area contributed by atoms with E-state index >= 15 is 0 Å². The monoisotopic (exact) mass is 194 g/mol. The summed E-state index contributed by atoms with van der Waals surface area (Å²) in [4.78, 5) is 0. The van der Waals surface area contributed by atoms with Gasteiger partial charge in [-0.1, -0.05) is 46.8 Å². The van der Waals surface area contributed by atoms with Gasteiger partial charge in [-0.2, -0.15) is 0 Å². The van der Waals surface area contributed by atoms with Gasteiger partial charge in [-0.05, 0) is 42.4 Å². The average Bonchev–Trinajstić information content (AvgIpc) is 2.01. The maximum absolute atomic E-state index is 2.45. The molecule has 0 aromatic carbocycles. The lowest BCUT2D eigenvalue weighted by molar-refractivity contribution is 0.122. The maximum atomic E-state index is 2.45. The smallest absolute Gasteiger partial charge is 0.0317 e. The van der Waals surface area contributed by atoms with E-state index in [4.69, 9.17) is 0 Å². The van der Waals surface area contributed by atoms with Gasteiger partial charge in [-0.25, -0.2) is 0 Å². The largest absolute Gasteiger partial charge is 0.0885 e. The predicted octanol–water partition coefficient (Wildman–Crippen LogP) is 4.81. The van der Waals surface area contributed by atoms with Gasteiger partial charge in [0, 0.05) is 0 Å². The zero-order valence-electron chi connectivity index (χ0n) is 10.6. The molecule has 0 amide bonds. The minimum Gasteiger partial charge on any atom is -0.0885 e. The zero-order chi connectivity index (χ0) is 10.8. The van der Waals surface area contributed by atoms with Gasteiger partial charge >= 0.3 is 0 Å². The minimum absolute atomic E-state index is 0.463. The second kappa shape index (κ2) is 4.08.